The van der Waals surface area contributed by atoms with Crippen LogP contribution in [0.25, 0.3) is 11.1 Å². The molecule has 1 aromatic heterocycles. The summed E-state index contributed by atoms with van der Waals surface area (Å²) >= 11 is 5.86. The Bertz CT molecular complexity index is 1150. The topological polar surface area (TPSA) is 98.4 Å². The number of carbonyl (C=O) groups excluding carboxylic acids is 1. The maximum atomic E-state index is 12.1. The molecular weight excluding hydrogens is 380 g/mol. The van der Waals surface area contributed by atoms with Crippen LogP contribution >= 0.6 is 11.6 Å². The molecule has 0 aliphatic rings. The molecule has 1 amide bonds. The van der Waals surface area contributed by atoms with Gasteiger partial charge in [0.15, 0.2) is 15.4 Å². The second-order valence-corrected chi connectivity index (χ2v) is 8.18. The van der Waals surface area contributed by atoms with E-state index in [0.29, 0.717) is 21.8 Å². The second kappa shape index (κ2) is 6.97. The summed E-state index contributed by atoms with van der Waals surface area (Å²) in [6.07, 6.45) is 1.11. The summed E-state index contributed by atoms with van der Waals surface area (Å²) in [6, 6.07) is 10.8. The highest BCUT2D eigenvalue weighted by Crippen LogP contribution is 2.19. The van der Waals surface area contributed by atoms with Crippen LogP contribution in [0.5, 0.6) is 0 Å². The van der Waals surface area contributed by atoms with Gasteiger partial charge in [0, 0.05) is 36.0 Å². The Morgan fingerprint density at radius 2 is 2.00 bits per heavy atom. The van der Waals surface area contributed by atoms with Crippen molar-refractivity contribution in [3.63, 3.8) is 0 Å². The molecule has 0 unspecified atom stereocenters. The zero-order valence-corrected chi connectivity index (χ0v) is 15.3. The Hall–Kier alpha value is -2.58. The molecule has 7 nitrogen and oxygen atoms in total. The first-order valence-electron chi connectivity index (χ1n) is 7.63. The Balaban J connectivity index is 1.72. The number of sulfone groups is 1. The van der Waals surface area contributed by atoms with E-state index in [1.807, 2.05) is 0 Å². The summed E-state index contributed by atoms with van der Waals surface area (Å²) < 4.78 is 29.6. The van der Waals surface area contributed by atoms with Gasteiger partial charge in [-0.2, -0.15) is 0 Å². The van der Waals surface area contributed by atoms with Crippen LogP contribution < -0.4 is 11.1 Å². The van der Waals surface area contributed by atoms with Gasteiger partial charge in [0.1, 0.15) is 0 Å². The fraction of sp³-hybridized carbons (Fsp3) is 0.176. The zero-order valence-electron chi connectivity index (χ0n) is 13.7. The molecule has 3 aromatic rings. The number of carbonyl (C=O) groups is 1. The number of halogens is 1. The average Bonchev–Trinajstić information content (AvgIpc) is 2.86. The minimum absolute atomic E-state index is 0.0142. The summed E-state index contributed by atoms with van der Waals surface area (Å²) in [5, 5.41) is 3.07. The Kier molecular flexibility index (Phi) is 4.88. The molecule has 136 valence electrons. The summed E-state index contributed by atoms with van der Waals surface area (Å²) in [6.45, 7) is 0.116. The van der Waals surface area contributed by atoms with Gasteiger partial charge in [-0.25, -0.2) is 13.2 Å². The van der Waals surface area contributed by atoms with Crippen molar-refractivity contribution in [2.45, 2.75) is 17.9 Å². The molecule has 0 saturated carbocycles. The van der Waals surface area contributed by atoms with E-state index in [4.69, 9.17) is 16.0 Å². The highest BCUT2D eigenvalue weighted by molar-refractivity contribution is 7.90. The Morgan fingerprint density at radius 3 is 2.73 bits per heavy atom. The number of aryl methyl sites for hydroxylation is 1. The summed E-state index contributed by atoms with van der Waals surface area (Å²) in [5.41, 5.74) is 1.27. The maximum absolute atomic E-state index is 12.1. The van der Waals surface area contributed by atoms with Crippen molar-refractivity contribution in [2.75, 3.05) is 11.6 Å². The third-order valence-electron chi connectivity index (χ3n) is 3.74. The highest BCUT2D eigenvalue weighted by atomic mass is 35.5. The molecule has 0 aliphatic heterocycles. The molecule has 0 spiro atoms. The Labute approximate surface area is 154 Å². The molecule has 0 fully saturated rings. The monoisotopic (exact) mass is 394 g/mol. The summed E-state index contributed by atoms with van der Waals surface area (Å²) in [5.74, 6) is -0.931. The summed E-state index contributed by atoms with van der Waals surface area (Å²) in [4.78, 5) is 24.2. The van der Waals surface area contributed by atoms with Gasteiger partial charge in [0.25, 0.3) is 0 Å². The largest absolute Gasteiger partial charge is 0.419 e. The number of nitrogens with zero attached hydrogens (tertiary/aromatic N) is 1. The van der Waals surface area contributed by atoms with Crippen molar-refractivity contribution in [3.8, 4) is 0 Å². The quantitative estimate of drug-likeness (QED) is 0.717. The van der Waals surface area contributed by atoms with Crippen molar-refractivity contribution >= 4 is 44.1 Å². The van der Waals surface area contributed by atoms with Crippen LogP contribution in [0.1, 0.15) is 6.42 Å². The van der Waals surface area contributed by atoms with Crippen molar-refractivity contribution in [1.29, 1.82) is 0 Å². The number of fused-ring (bicyclic) bond motifs is 1. The van der Waals surface area contributed by atoms with Gasteiger partial charge in [-0.1, -0.05) is 17.7 Å². The molecule has 3 rings (SSSR count). The first-order chi connectivity index (χ1) is 12.2. The van der Waals surface area contributed by atoms with Gasteiger partial charge < -0.3 is 9.73 Å². The lowest BCUT2D eigenvalue weighted by Gasteiger charge is -2.07. The van der Waals surface area contributed by atoms with Crippen LogP contribution in [0.2, 0.25) is 5.02 Å². The van der Waals surface area contributed by atoms with Crippen LogP contribution in [0.15, 0.2) is 56.6 Å². The van der Waals surface area contributed by atoms with Crippen molar-refractivity contribution < 1.29 is 17.6 Å². The van der Waals surface area contributed by atoms with Crippen LogP contribution in [0.4, 0.5) is 5.69 Å². The lowest BCUT2D eigenvalue weighted by Crippen LogP contribution is -2.19. The number of rotatable bonds is 5. The van der Waals surface area contributed by atoms with E-state index in [-0.39, 0.29) is 23.8 Å². The van der Waals surface area contributed by atoms with Gasteiger partial charge in [-0.05, 0) is 30.3 Å². The molecule has 9 heteroatoms. The van der Waals surface area contributed by atoms with Gasteiger partial charge in [-0.15, -0.1) is 0 Å². The lowest BCUT2D eigenvalue weighted by atomic mass is 10.3. The number of nitrogens with one attached hydrogen (secondary N) is 1. The smallest absolute Gasteiger partial charge is 0.408 e. The minimum atomic E-state index is -3.36. The molecule has 0 saturated heterocycles. The minimum Gasteiger partial charge on any atom is -0.408 e. The van der Waals surface area contributed by atoms with Gasteiger partial charge in [0.2, 0.25) is 5.91 Å². The normalized spacial score (nSPS) is 11.6. The van der Waals surface area contributed by atoms with Crippen molar-refractivity contribution in [3.05, 3.63) is 58.0 Å². The number of amides is 1. The highest BCUT2D eigenvalue weighted by Gasteiger charge is 2.12. The predicted octanol–water partition coefficient (Wildman–Crippen LogP) is 2.68. The van der Waals surface area contributed by atoms with E-state index < -0.39 is 15.6 Å². The molecule has 26 heavy (non-hydrogen) atoms. The summed E-state index contributed by atoms with van der Waals surface area (Å²) in [7, 11) is -3.36. The van der Waals surface area contributed by atoms with Crippen molar-refractivity contribution in [2.24, 2.45) is 0 Å². The van der Waals surface area contributed by atoms with Gasteiger partial charge >= 0.3 is 5.76 Å². The zero-order chi connectivity index (χ0) is 18.9. The number of oxazole rings is 1. The molecule has 2 aromatic carbocycles. The number of aromatic nitrogens is 1. The average molecular weight is 395 g/mol. The molecule has 1 N–H and O–H groups in total. The van der Waals surface area contributed by atoms with E-state index >= 15 is 0 Å². The van der Waals surface area contributed by atoms with E-state index in [1.165, 1.54) is 22.8 Å². The van der Waals surface area contributed by atoms with Gasteiger partial charge in [0.05, 0.1) is 10.4 Å². The number of hydrogen-bond acceptors (Lipinski definition) is 5. The number of hydrogen-bond donors (Lipinski definition) is 1. The molecule has 1 heterocycles. The first-order valence-corrected chi connectivity index (χ1v) is 9.90. The third kappa shape index (κ3) is 3.97. The standard InChI is InChI=1S/C17H15ClN2O5S/c1-26(23,24)13-4-2-3-12(10-13)19-16(21)7-8-20-14-6-5-11(18)9-15(14)25-17(20)22/h2-6,9-10H,7-8H2,1H3,(H,19,21). The first kappa shape index (κ1) is 18.2. The Morgan fingerprint density at radius 1 is 1.23 bits per heavy atom. The lowest BCUT2D eigenvalue weighted by molar-refractivity contribution is -0.116. The van der Waals surface area contributed by atoms with Crippen LogP contribution in [-0.2, 0) is 21.2 Å². The van der Waals surface area contributed by atoms with E-state index in [0.717, 1.165) is 6.26 Å². The second-order valence-electron chi connectivity index (χ2n) is 5.73. The fourth-order valence-corrected chi connectivity index (χ4v) is 3.32. The van der Waals surface area contributed by atoms with Crippen LogP contribution in [0.3, 0.4) is 0 Å². The van der Waals surface area contributed by atoms with Crippen LogP contribution in [0, 0.1) is 0 Å². The van der Waals surface area contributed by atoms with E-state index in [9.17, 15) is 18.0 Å². The molecule has 0 radical (unpaired) electrons. The molecule has 0 bridgehead atoms. The maximum Gasteiger partial charge on any atom is 0.419 e. The fourth-order valence-electron chi connectivity index (χ4n) is 2.49. The van der Waals surface area contributed by atoms with Gasteiger partial charge in [-0.3, -0.25) is 9.36 Å². The third-order valence-corrected chi connectivity index (χ3v) is 5.08. The SMILES string of the molecule is CS(=O)(=O)c1cccc(NC(=O)CCn2c(=O)oc3cc(Cl)ccc32)c1. The van der Waals surface area contributed by atoms with Crippen molar-refractivity contribution in [1.82, 2.24) is 4.57 Å². The number of benzene rings is 2. The predicted molar refractivity (Wildman–Crippen MR) is 98.3 cm³/mol. The molecule has 0 aliphatic carbocycles. The van der Waals surface area contributed by atoms with Crippen LogP contribution in [-0.4, -0.2) is 25.1 Å². The number of anilines is 1. The van der Waals surface area contributed by atoms with E-state index in [2.05, 4.69) is 5.32 Å². The molecule has 0 atom stereocenters. The molecular formula is C17H15ClN2O5S. The van der Waals surface area contributed by atoms with E-state index in [1.54, 1.807) is 24.3 Å².